The van der Waals surface area contributed by atoms with Crippen LogP contribution in [0.3, 0.4) is 0 Å². The zero-order chi connectivity index (χ0) is 12.8. The van der Waals surface area contributed by atoms with Crippen LogP contribution in [0.15, 0.2) is 42.6 Å². The molecule has 1 N–H and O–H groups in total. The highest BCUT2D eigenvalue weighted by Crippen LogP contribution is 2.24. The van der Waals surface area contributed by atoms with Crippen molar-refractivity contribution in [3.8, 4) is 17.0 Å². The van der Waals surface area contributed by atoms with E-state index in [1.807, 2.05) is 18.3 Å². The molecular weight excluding hydrogens is 224 g/mol. The Balaban J connectivity index is 2.30. The van der Waals surface area contributed by atoms with Crippen LogP contribution in [0.4, 0.5) is 0 Å². The molecule has 0 saturated heterocycles. The molecule has 1 heterocycles. The van der Waals surface area contributed by atoms with Crippen LogP contribution in [0.2, 0.25) is 0 Å². The zero-order valence-corrected chi connectivity index (χ0v) is 10.8. The zero-order valence-electron chi connectivity index (χ0n) is 10.8. The second-order valence-corrected chi connectivity index (χ2v) is 4.03. The summed E-state index contributed by atoms with van der Waals surface area (Å²) in [6, 6.07) is 12.3. The molecule has 0 aliphatic heterocycles. The van der Waals surface area contributed by atoms with Crippen molar-refractivity contribution in [2.24, 2.45) is 0 Å². The smallest absolute Gasteiger partial charge is 0.212 e. The third-order valence-corrected chi connectivity index (χ3v) is 2.84. The van der Waals surface area contributed by atoms with Gasteiger partial charge in [0.05, 0.1) is 7.11 Å². The van der Waals surface area contributed by atoms with Gasteiger partial charge in [-0.2, -0.15) is 0 Å². The van der Waals surface area contributed by atoms with Crippen LogP contribution >= 0.6 is 0 Å². The van der Waals surface area contributed by atoms with Gasteiger partial charge in [0, 0.05) is 24.4 Å². The molecule has 0 saturated carbocycles. The Kier molecular flexibility index (Phi) is 4.31. The molecule has 3 heteroatoms. The summed E-state index contributed by atoms with van der Waals surface area (Å²) in [5.74, 6) is 0.642. The van der Waals surface area contributed by atoms with Gasteiger partial charge in [-0.3, -0.25) is 0 Å². The van der Waals surface area contributed by atoms with Crippen molar-refractivity contribution in [1.29, 1.82) is 0 Å². The average Bonchev–Trinajstić information content (AvgIpc) is 2.45. The number of hydrogen-bond donors (Lipinski definition) is 1. The SMILES string of the molecule is CCNCc1ccccc1-c1ccc(OC)nc1. The minimum atomic E-state index is 0.642. The van der Waals surface area contributed by atoms with Gasteiger partial charge in [0.1, 0.15) is 0 Å². The Labute approximate surface area is 108 Å². The Hall–Kier alpha value is -1.87. The number of ether oxygens (including phenoxy) is 1. The summed E-state index contributed by atoms with van der Waals surface area (Å²) in [5.41, 5.74) is 3.62. The van der Waals surface area contributed by atoms with Gasteiger partial charge in [-0.1, -0.05) is 31.2 Å². The highest BCUT2D eigenvalue weighted by molar-refractivity contribution is 5.66. The monoisotopic (exact) mass is 242 g/mol. The predicted octanol–water partition coefficient (Wildman–Crippen LogP) is 2.87. The van der Waals surface area contributed by atoms with Gasteiger partial charge in [0.25, 0.3) is 0 Å². The van der Waals surface area contributed by atoms with Crippen LogP contribution in [-0.4, -0.2) is 18.6 Å². The number of aromatic nitrogens is 1. The summed E-state index contributed by atoms with van der Waals surface area (Å²) in [5, 5.41) is 3.35. The van der Waals surface area contributed by atoms with E-state index in [2.05, 4.69) is 41.5 Å². The molecule has 3 nitrogen and oxygen atoms in total. The van der Waals surface area contributed by atoms with Crippen LogP contribution in [0.1, 0.15) is 12.5 Å². The van der Waals surface area contributed by atoms with Gasteiger partial charge in [-0.25, -0.2) is 4.98 Å². The van der Waals surface area contributed by atoms with Crippen molar-refractivity contribution in [3.63, 3.8) is 0 Å². The first-order valence-corrected chi connectivity index (χ1v) is 6.14. The third kappa shape index (κ3) is 2.87. The quantitative estimate of drug-likeness (QED) is 0.875. The van der Waals surface area contributed by atoms with E-state index in [-0.39, 0.29) is 0 Å². The molecule has 0 atom stereocenters. The number of rotatable bonds is 5. The van der Waals surface area contributed by atoms with E-state index in [0.717, 1.165) is 18.7 Å². The molecule has 0 aliphatic carbocycles. The maximum atomic E-state index is 5.08. The lowest BCUT2D eigenvalue weighted by molar-refractivity contribution is 0.398. The minimum absolute atomic E-state index is 0.642. The number of methoxy groups -OCH3 is 1. The Morgan fingerprint density at radius 1 is 1.17 bits per heavy atom. The lowest BCUT2D eigenvalue weighted by atomic mass is 10.0. The predicted molar refractivity (Wildman–Crippen MR) is 73.6 cm³/mol. The number of hydrogen-bond acceptors (Lipinski definition) is 3. The molecular formula is C15H18N2O. The molecule has 0 spiro atoms. The van der Waals surface area contributed by atoms with Crippen molar-refractivity contribution in [3.05, 3.63) is 48.2 Å². The summed E-state index contributed by atoms with van der Waals surface area (Å²) in [6.45, 7) is 3.95. The first-order chi connectivity index (χ1) is 8.85. The van der Waals surface area contributed by atoms with Crippen LogP contribution in [0.25, 0.3) is 11.1 Å². The molecule has 0 aliphatic rings. The molecule has 0 unspecified atom stereocenters. The maximum absolute atomic E-state index is 5.08. The summed E-state index contributed by atoms with van der Waals surface area (Å²) in [6.07, 6.45) is 1.85. The molecule has 0 radical (unpaired) electrons. The van der Waals surface area contributed by atoms with Gasteiger partial charge in [-0.15, -0.1) is 0 Å². The molecule has 18 heavy (non-hydrogen) atoms. The summed E-state index contributed by atoms with van der Waals surface area (Å²) in [4.78, 5) is 4.25. The standard InChI is InChI=1S/C15H18N2O/c1-3-16-10-12-6-4-5-7-14(12)13-8-9-15(18-2)17-11-13/h4-9,11,16H,3,10H2,1-2H3. The number of nitrogens with one attached hydrogen (secondary N) is 1. The van der Waals surface area contributed by atoms with E-state index < -0.39 is 0 Å². The summed E-state index contributed by atoms with van der Waals surface area (Å²) < 4.78 is 5.08. The van der Waals surface area contributed by atoms with Gasteiger partial charge in [0.15, 0.2) is 0 Å². The van der Waals surface area contributed by atoms with Crippen LogP contribution < -0.4 is 10.1 Å². The highest BCUT2D eigenvalue weighted by atomic mass is 16.5. The van der Waals surface area contributed by atoms with Crippen molar-refractivity contribution < 1.29 is 4.74 Å². The van der Waals surface area contributed by atoms with E-state index in [1.54, 1.807) is 7.11 Å². The Bertz CT molecular complexity index is 494. The van der Waals surface area contributed by atoms with E-state index in [9.17, 15) is 0 Å². The molecule has 0 amide bonds. The fourth-order valence-electron chi connectivity index (χ4n) is 1.88. The first kappa shape index (κ1) is 12.6. The number of pyridine rings is 1. The minimum Gasteiger partial charge on any atom is -0.481 e. The maximum Gasteiger partial charge on any atom is 0.212 e. The van der Waals surface area contributed by atoms with Gasteiger partial charge in [0.2, 0.25) is 5.88 Å². The van der Waals surface area contributed by atoms with E-state index in [1.165, 1.54) is 11.1 Å². The number of nitrogens with zero attached hydrogens (tertiary/aromatic N) is 1. The van der Waals surface area contributed by atoms with Crippen molar-refractivity contribution in [2.75, 3.05) is 13.7 Å². The molecule has 0 bridgehead atoms. The normalized spacial score (nSPS) is 10.3. The fourth-order valence-corrected chi connectivity index (χ4v) is 1.88. The molecule has 1 aromatic heterocycles. The van der Waals surface area contributed by atoms with E-state index in [0.29, 0.717) is 5.88 Å². The van der Waals surface area contributed by atoms with Gasteiger partial charge < -0.3 is 10.1 Å². The molecule has 2 rings (SSSR count). The largest absolute Gasteiger partial charge is 0.481 e. The average molecular weight is 242 g/mol. The molecule has 0 fully saturated rings. The lowest BCUT2D eigenvalue weighted by Gasteiger charge is -2.10. The summed E-state index contributed by atoms with van der Waals surface area (Å²) >= 11 is 0. The Morgan fingerprint density at radius 2 is 2.00 bits per heavy atom. The van der Waals surface area contributed by atoms with Crippen LogP contribution in [0.5, 0.6) is 5.88 Å². The lowest BCUT2D eigenvalue weighted by Crippen LogP contribution is -2.12. The van der Waals surface area contributed by atoms with Crippen LogP contribution in [-0.2, 0) is 6.54 Å². The van der Waals surface area contributed by atoms with E-state index in [4.69, 9.17) is 4.74 Å². The molecule has 1 aromatic carbocycles. The molecule has 2 aromatic rings. The second-order valence-electron chi connectivity index (χ2n) is 4.03. The van der Waals surface area contributed by atoms with E-state index >= 15 is 0 Å². The van der Waals surface area contributed by atoms with Gasteiger partial charge in [-0.05, 0) is 23.7 Å². The van der Waals surface area contributed by atoms with Crippen molar-refractivity contribution >= 4 is 0 Å². The second kappa shape index (κ2) is 6.17. The fraction of sp³-hybridized carbons (Fsp3) is 0.267. The van der Waals surface area contributed by atoms with Gasteiger partial charge >= 0.3 is 0 Å². The van der Waals surface area contributed by atoms with Crippen molar-refractivity contribution in [2.45, 2.75) is 13.5 Å². The molecule has 94 valence electrons. The highest BCUT2D eigenvalue weighted by Gasteiger charge is 2.04. The third-order valence-electron chi connectivity index (χ3n) is 2.84. The first-order valence-electron chi connectivity index (χ1n) is 6.14. The van der Waals surface area contributed by atoms with Crippen LogP contribution in [0, 0.1) is 0 Å². The Morgan fingerprint density at radius 3 is 2.67 bits per heavy atom. The topological polar surface area (TPSA) is 34.1 Å². The number of benzene rings is 1. The summed E-state index contributed by atoms with van der Waals surface area (Å²) in [7, 11) is 1.63. The van der Waals surface area contributed by atoms with Crippen molar-refractivity contribution in [1.82, 2.24) is 10.3 Å².